The van der Waals surface area contributed by atoms with Crippen LogP contribution in [0.1, 0.15) is 22.6 Å². The zero-order valence-corrected chi connectivity index (χ0v) is 7.31. The lowest BCUT2D eigenvalue weighted by molar-refractivity contribution is 0.111. The van der Waals surface area contributed by atoms with Gasteiger partial charge in [-0.2, -0.15) is 0 Å². The molecule has 0 unspecified atom stereocenters. The van der Waals surface area contributed by atoms with Crippen molar-refractivity contribution in [3.05, 3.63) is 35.7 Å². The van der Waals surface area contributed by atoms with E-state index >= 15 is 0 Å². The minimum absolute atomic E-state index is 0.454. The van der Waals surface area contributed by atoms with Crippen molar-refractivity contribution in [2.75, 3.05) is 6.54 Å². The molecule has 0 amide bonds. The molecule has 0 saturated heterocycles. The van der Waals surface area contributed by atoms with Crippen molar-refractivity contribution < 1.29 is 4.79 Å². The summed E-state index contributed by atoms with van der Waals surface area (Å²) in [5, 5.41) is 0. The van der Waals surface area contributed by atoms with Gasteiger partial charge in [0.25, 0.3) is 0 Å². The Hall–Kier alpha value is -1.48. The van der Waals surface area contributed by atoms with Gasteiger partial charge in [-0.3, -0.25) is 4.79 Å². The summed E-state index contributed by atoms with van der Waals surface area (Å²) in [7, 11) is 0. The quantitative estimate of drug-likeness (QED) is 0.702. The topological polar surface area (TPSA) is 56.0 Å². The molecule has 0 aliphatic heterocycles. The van der Waals surface area contributed by atoms with Gasteiger partial charge in [0.05, 0.1) is 5.69 Å². The van der Waals surface area contributed by atoms with E-state index in [-0.39, 0.29) is 0 Å². The van der Waals surface area contributed by atoms with Gasteiger partial charge in [0, 0.05) is 0 Å². The fourth-order valence-electron chi connectivity index (χ4n) is 0.928. The maximum atomic E-state index is 10.4. The van der Waals surface area contributed by atoms with Crippen LogP contribution in [0.5, 0.6) is 0 Å². The first-order valence-corrected chi connectivity index (χ1v) is 4.15. The number of carbonyl (C=O) groups excluding carboxylic acids is 1. The third-order valence-electron chi connectivity index (χ3n) is 1.53. The molecular formula is C10H12N2O. The molecule has 3 nitrogen and oxygen atoms in total. The standard InChI is InChI=1S/C10H12N2O/c11-7-2-1-4-9-5-3-6-10(8-13)12-9/h1,3-6,8H,2,7,11H2. The van der Waals surface area contributed by atoms with Crippen LogP contribution in [0, 0.1) is 0 Å². The number of hydrogen-bond acceptors (Lipinski definition) is 3. The number of aldehydes is 1. The summed E-state index contributed by atoms with van der Waals surface area (Å²) in [5.41, 5.74) is 6.56. The number of rotatable bonds is 4. The Labute approximate surface area is 77.3 Å². The number of pyridine rings is 1. The summed E-state index contributed by atoms with van der Waals surface area (Å²) >= 11 is 0. The summed E-state index contributed by atoms with van der Waals surface area (Å²) in [6.45, 7) is 0.629. The molecule has 0 aromatic carbocycles. The largest absolute Gasteiger partial charge is 0.330 e. The van der Waals surface area contributed by atoms with Crippen molar-refractivity contribution in [3.63, 3.8) is 0 Å². The predicted octanol–water partition coefficient (Wildman–Crippen LogP) is 1.26. The van der Waals surface area contributed by atoms with Crippen molar-refractivity contribution in [2.45, 2.75) is 6.42 Å². The molecule has 2 N–H and O–H groups in total. The first kappa shape index (κ1) is 9.61. The molecule has 0 saturated carbocycles. The Morgan fingerprint density at radius 3 is 2.85 bits per heavy atom. The highest BCUT2D eigenvalue weighted by Gasteiger charge is 1.91. The molecule has 1 aromatic heterocycles. The van der Waals surface area contributed by atoms with Crippen LogP contribution in [0.15, 0.2) is 24.3 Å². The predicted molar refractivity (Wildman–Crippen MR) is 52.3 cm³/mol. The van der Waals surface area contributed by atoms with Crippen molar-refractivity contribution in [1.29, 1.82) is 0 Å². The minimum atomic E-state index is 0.454. The van der Waals surface area contributed by atoms with E-state index in [1.807, 2.05) is 18.2 Å². The van der Waals surface area contributed by atoms with Crippen molar-refractivity contribution in [3.8, 4) is 0 Å². The fourth-order valence-corrected chi connectivity index (χ4v) is 0.928. The molecule has 1 heterocycles. The Balaban J connectivity index is 2.71. The van der Waals surface area contributed by atoms with E-state index < -0.39 is 0 Å². The van der Waals surface area contributed by atoms with Gasteiger partial charge in [-0.1, -0.05) is 12.1 Å². The van der Waals surface area contributed by atoms with Gasteiger partial charge in [-0.05, 0) is 31.2 Å². The first-order valence-electron chi connectivity index (χ1n) is 4.15. The van der Waals surface area contributed by atoms with E-state index in [0.717, 1.165) is 18.4 Å². The first-order chi connectivity index (χ1) is 6.36. The Kier molecular flexibility index (Phi) is 3.85. The highest BCUT2D eigenvalue weighted by Crippen LogP contribution is 2.00. The van der Waals surface area contributed by atoms with Gasteiger partial charge >= 0.3 is 0 Å². The molecule has 1 rings (SSSR count). The number of nitrogens with two attached hydrogens (primary N) is 1. The van der Waals surface area contributed by atoms with E-state index in [1.54, 1.807) is 12.1 Å². The Bertz CT molecular complexity index is 308. The number of hydrogen-bond donors (Lipinski definition) is 1. The molecule has 0 bridgehead atoms. The minimum Gasteiger partial charge on any atom is -0.330 e. The van der Waals surface area contributed by atoms with E-state index in [4.69, 9.17) is 5.73 Å². The zero-order valence-electron chi connectivity index (χ0n) is 7.31. The third kappa shape index (κ3) is 3.17. The van der Waals surface area contributed by atoms with Crippen LogP contribution in [0.4, 0.5) is 0 Å². The summed E-state index contributed by atoms with van der Waals surface area (Å²) < 4.78 is 0. The maximum Gasteiger partial charge on any atom is 0.168 e. The van der Waals surface area contributed by atoms with Crippen LogP contribution < -0.4 is 5.73 Å². The molecule has 0 fully saturated rings. The second-order valence-electron chi connectivity index (χ2n) is 2.58. The monoisotopic (exact) mass is 176 g/mol. The molecule has 13 heavy (non-hydrogen) atoms. The van der Waals surface area contributed by atoms with E-state index in [1.165, 1.54) is 0 Å². The van der Waals surface area contributed by atoms with Crippen molar-refractivity contribution in [2.24, 2.45) is 5.73 Å². The molecule has 0 spiro atoms. The molecule has 0 atom stereocenters. The van der Waals surface area contributed by atoms with Crippen LogP contribution in [0.2, 0.25) is 0 Å². The van der Waals surface area contributed by atoms with E-state index in [9.17, 15) is 4.79 Å². The average Bonchev–Trinajstić information content (AvgIpc) is 2.19. The van der Waals surface area contributed by atoms with E-state index in [2.05, 4.69) is 4.98 Å². The molecular weight excluding hydrogens is 164 g/mol. The van der Waals surface area contributed by atoms with Gasteiger partial charge in [0.2, 0.25) is 0 Å². The zero-order chi connectivity index (χ0) is 9.52. The SMILES string of the molecule is NCCC=Cc1cccc(C=O)n1. The lowest BCUT2D eigenvalue weighted by Crippen LogP contribution is -1.95. The van der Waals surface area contributed by atoms with Gasteiger partial charge in [0.15, 0.2) is 6.29 Å². The second kappa shape index (κ2) is 5.22. The number of aromatic nitrogens is 1. The number of nitrogens with zero attached hydrogens (tertiary/aromatic N) is 1. The smallest absolute Gasteiger partial charge is 0.168 e. The lowest BCUT2D eigenvalue weighted by atomic mass is 10.2. The summed E-state index contributed by atoms with van der Waals surface area (Å²) in [5.74, 6) is 0. The third-order valence-corrected chi connectivity index (χ3v) is 1.53. The second-order valence-corrected chi connectivity index (χ2v) is 2.58. The highest BCUT2D eigenvalue weighted by molar-refractivity contribution is 5.72. The van der Waals surface area contributed by atoms with Crippen LogP contribution in [0.25, 0.3) is 6.08 Å². The van der Waals surface area contributed by atoms with Gasteiger partial charge in [-0.25, -0.2) is 4.98 Å². The molecule has 0 aliphatic rings. The molecule has 68 valence electrons. The van der Waals surface area contributed by atoms with Crippen molar-refractivity contribution in [1.82, 2.24) is 4.98 Å². The van der Waals surface area contributed by atoms with Crippen LogP contribution in [-0.4, -0.2) is 17.8 Å². The molecule has 1 aromatic rings. The number of carbonyl (C=O) groups is 1. The molecule has 0 aliphatic carbocycles. The molecule has 0 radical (unpaired) electrons. The van der Waals surface area contributed by atoms with Gasteiger partial charge in [-0.15, -0.1) is 0 Å². The maximum absolute atomic E-state index is 10.4. The van der Waals surface area contributed by atoms with Crippen LogP contribution in [-0.2, 0) is 0 Å². The van der Waals surface area contributed by atoms with Crippen molar-refractivity contribution >= 4 is 12.4 Å². The normalized spacial score (nSPS) is 10.5. The highest BCUT2D eigenvalue weighted by atomic mass is 16.1. The van der Waals surface area contributed by atoms with Gasteiger partial charge < -0.3 is 5.73 Å². The van der Waals surface area contributed by atoms with Gasteiger partial charge in [0.1, 0.15) is 5.69 Å². The summed E-state index contributed by atoms with van der Waals surface area (Å²) in [6, 6.07) is 5.33. The van der Waals surface area contributed by atoms with Crippen LogP contribution >= 0.6 is 0 Å². The Morgan fingerprint density at radius 1 is 1.38 bits per heavy atom. The molecule has 3 heteroatoms. The average molecular weight is 176 g/mol. The van der Waals surface area contributed by atoms with Crippen LogP contribution in [0.3, 0.4) is 0 Å². The lowest BCUT2D eigenvalue weighted by Gasteiger charge is -1.93. The Morgan fingerprint density at radius 2 is 2.15 bits per heavy atom. The summed E-state index contributed by atoms with van der Waals surface area (Å²) in [6.07, 6.45) is 5.37. The fraction of sp³-hybridized carbons (Fsp3) is 0.200. The summed E-state index contributed by atoms with van der Waals surface area (Å²) in [4.78, 5) is 14.4. The van der Waals surface area contributed by atoms with E-state index in [0.29, 0.717) is 12.2 Å².